The first kappa shape index (κ1) is 13.8. The van der Waals surface area contributed by atoms with E-state index in [-0.39, 0.29) is 29.3 Å². The molecular weight excluding hydrogens is 276 g/mol. The van der Waals surface area contributed by atoms with Crippen LogP contribution >= 0.6 is 30.8 Å². The molecule has 0 bridgehead atoms. The zero-order chi connectivity index (χ0) is 12.2. The highest BCUT2D eigenvalue weighted by atomic mass is 35.5. The van der Waals surface area contributed by atoms with Crippen LogP contribution in [0.15, 0.2) is 0 Å². The molecule has 0 spiro atoms. The summed E-state index contributed by atoms with van der Waals surface area (Å²) in [5.74, 6) is 0. The topological polar surface area (TPSA) is 74.2 Å². The number of rotatable bonds is 5. The van der Waals surface area contributed by atoms with E-state index in [1.54, 1.807) is 13.8 Å². The highest BCUT2D eigenvalue weighted by Crippen LogP contribution is 2.45. The molecule has 0 unspecified atom stereocenters. The van der Waals surface area contributed by atoms with Gasteiger partial charge in [0.15, 0.2) is 0 Å². The summed E-state index contributed by atoms with van der Waals surface area (Å²) in [7, 11) is -3.56. The van der Waals surface area contributed by atoms with E-state index < -0.39 is 7.60 Å². The summed E-state index contributed by atoms with van der Waals surface area (Å²) in [5, 5.41) is -0.315. The monoisotopic (exact) mass is 285 g/mol. The molecule has 0 atom stereocenters. The van der Waals surface area contributed by atoms with Gasteiger partial charge in [-0.3, -0.25) is 4.57 Å². The Hall–Kier alpha value is -0.260. The summed E-state index contributed by atoms with van der Waals surface area (Å²) in [6, 6.07) is 0. The third-order valence-electron chi connectivity index (χ3n) is 1.41. The van der Waals surface area contributed by atoms with Gasteiger partial charge in [-0.2, -0.15) is 15.0 Å². The number of aromatic nitrogens is 3. The molecule has 0 aliphatic rings. The summed E-state index contributed by atoms with van der Waals surface area (Å²) in [6.45, 7) is 3.74. The molecule has 0 aromatic carbocycles. The Kier molecular flexibility index (Phi) is 5.08. The van der Waals surface area contributed by atoms with Crippen LogP contribution in [0.1, 0.15) is 13.8 Å². The zero-order valence-corrected chi connectivity index (χ0v) is 11.1. The third kappa shape index (κ3) is 3.37. The van der Waals surface area contributed by atoms with Gasteiger partial charge in [-0.1, -0.05) is 0 Å². The standard InChI is InChI=1S/C7H10Cl2N3O3P/c1-3-14-16(13,15-4-2)7-11-5(8)10-6(9)12-7/h3-4H2,1-2H3. The maximum Gasteiger partial charge on any atom is 0.398 e. The van der Waals surface area contributed by atoms with Gasteiger partial charge in [-0.15, -0.1) is 0 Å². The fourth-order valence-electron chi connectivity index (χ4n) is 0.931. The third-order valence-corrected chi connectivity index (χ3v) is 3.64. The van der Waals surface area contributed by atoms with Crippen molar-refractivity contribution in [3.05, 3.63) is 10.6 Å². The number of hydrogen-bond acceptors (Lipinski definition) is 6. The molecule has 0 radical (unpaired) electrons. The van der Waals surface area contributed by atoms with Crippen molar-refractivity contribution in [3.8, 4) is 0 Å². The fourth-order valence-corrected chi connectivity index (χ4v) is 2.83. The Balaban J connectivity index is 3.15. The van der Waals surface area contributed by atoms with Gasteiger partial charge in [0.2, 0.25) is 16.1 Å². The van der Waals surface area contributed by atoms with Crippen molar-refractivity contribution in [2.75, 3.05) is 13.2 Å². The fraction of sp³-hybridized carbons (Fsp3) is 0.571. The SMILES string of the molecule is CCOP(=O)(OCC)c1nc(Cl)nc(Cl)n1. The molecule has 0 saturated heterocycles. The van der Waals surface area contributed by atoms with Gasteiger partial charge in [0, 0.05) is 0 Å². The minimum Gasteiger partial charge on any atom is -0.303 e. The molecule has 1 aromatic rings. The predicted molar refractivity (Wildman–Crippen MR) is 60.3 cm³/mol. The van der Waals surface area contributed by atoms with E-state index in [2.05, 4.69) is 15.0 Å². The first-order valence-corrected chi connectivity index (χ1v) is 6.78. The summed E-state index contributed by atoms with van der Waals surface area (Å²) >= 11 is 11.2. The van der Waals surface area contributed by atoms with Gasteiger partial charge in [0.1, 0.15) is 0 Å². The summed E-state index contributed by atoms with van der Waals surface area (Å²) in [5.41, 5.74) is -0.179. The van der Waals surface area contributed by atoms with Gasteiger partial charge in [-0.05, 0) is 37.0 Å². The average molecular weight is 286 g/mol. The Morgan fingerprint density at radius 1 is 1.06 bits per heavy atom. The Bertz CT molecular complexity index is 388. The highest BCUT2D eigenvalue weighted by Gasteiger charge is 2.31. The molecule has 0 aliphatic heterocycles. The summed E-state index contributed by atoms with van der Waals surface area (Å²) < 4.78 is 22.3. The minimum atomic E-state index is -3.56. The van der Waals surface area contributed by atoms with Crippen LogP contribution in [-0.2, 0) is 13.6 Å². The first-order chi connectivity index (χ1) is 7.51. The highest BCUT2D eigenvalue weighted by molar-refractivity contribution is 7.61. The second-order valence-electron chi connectivity index (χ2n) is 2.51. The molecule has 1 heterocycles. The molecule has 16 heavy (non-hydrogen) atoms. The van der Waals surface area contributed by atoms with Crippen LogP contribution in [-0.4, -0.2) is 28.2 Å². The van der Waals surface area contributed by atoms with E-state index in [9.17, 15) is 4.57 Å². The van der Waals surface area contributed by atoms with E-state index in [0.29, 0.717) is 0 Å². The van der Waals surface area contributed by atoms with Crippen molar-refractivity contribution >= 4 is 36.4 Å². The van der Waals surface area contributed by atoms with Crippen molar-refractivity contribution in [1.29, 1.82) is 0 Å². The molecule has 90 valence electrons. The lowest BCUT2D eigenvalue weighted by Crippen LogP contribution is -2.19. The maximum atomic E-state index is 12.2. The van der Waals surface area contributed by atoms with Gasteiger partial charge >= 0.3 is 7.60 Å². The predicted octanol–water partition coefficient (Wildman–Crippen LogP) is 2.07. The van der Waals surface area contributed by atoms with Crippen molar-refractivity contribution in [1.82, 2.24) is 15.0 Å². The van der Waals surface area contributed by atoms with Crippen molar-refractivity contribution in [2.24, 2.45) is 0 Å². The van der Waals surface area contributed by atoms with Crippen molar-refractivity contribution in [3.63, 3.8) is 0 Å². The number of hydrogen-bond donors (Lipinski definition) is 0. The number of nitrogens with zero attached hydrogens (tertiary/aromatic N) is 3. The minimum absolute atomic E-state index is 0.158. The molecule has 0 saturated carbocycles. The smallest absolute Gasteiger partial charge is 0.303 e. The molecule has 9 heteroatoms. The first-order valence-electron chi connectivity index (χ1n) is 4.48. The molecule has 0 fully saturated rings. The summed E-state index contributed by atoms with van der Waals surface area (Å²) in [6.07, 6.45) is 0. The summed E-state index contributed by atoms with van der Waals surface area (Å²) in [4.78, 5) is 10.9. The molecule has 0 aliphatic carbocycles. The van der Waals surface area contributed by atoms with Crippen LogP contribution in [0.2, 0.25) is 10.6 Å². The normalized spacial score (nSPS) is 11.8. The zero-order valence-electron chi connectivity index (χ0n) is 8.68. The van der Waals surface area contributed by atoms with Crippen LogP contribution in [0.25, 0.3) is 0 Å². The molecule has 0 N–H and O–H groups in total. The van der Waals surface area contributed by atoms with Crippen molar-refractivity contribution in [2.45, 2.75) is 13.8 Å². The largest absolute Gasteiger partial charge is 0.398 e. The lowest BCUT2D eigenvalue weighted by atomic mass is 10.9. The molecular formula is C7H10Cl2N3O3P. The van der Waals surface area contributed by atoms with Crippen molar-refractivity contribution < 1.29 is 13.6 Å². The molecule has 6 nitrogen and oxygen atoms in total. The molecule has 1 aromatic heterocycles. The van der Waals surface area contributed by atoms with Crippen LogP contribution in [0.4, 0.5) is 0 Å². The van der Waals surface area contributed by atoms with E-state index in [4.69, 9.17) is 32.2 Å². The lowest BCUT2D eigenvalue weighted by Gasteiger charge is -2.14. The second-order valence-corrected chi connectivity index (χ2v) is 5.09. The molecule has 0 amide bonds. The number of halogens is 2. The Labute approximate surface area is 103 Å². The Morgan fingerprint density at radius 2 is 1.50 bits per heavy atom. The van der Waals surface area contributed by atoms with Crippen LogP contribution in [0, 0.1) is 0 Å². The lowest BCUT2D eigenvalue weighted by molar-refractivity contribution is 0.228. The molecule has 1 rings (SSSR count). The van der Waals surface area contributed by atoms with Crippen LogP contribution in [0.5, 0.6) is 0 Å². The van der Waals surface area contributed by atoms with E-state index >= 15 is 0 Å². The van der Waals surface area contributed by atoms with Gasteiger partial charge in [0.25, 0.3) is 0 Å². The van der Waals surface area contributed by atoms with Crippen LogP contribution < -0.4 is 5.57 Å². The van der Waals surface area contributed by atoms with Crippen LogP contribution in [0.3, 0.4) is 0 Å². The maximum absolute atomic E-state index is 12.2. The van der Waals surface area contributed by atoms with Gasteiger partial charge in [0.05, 0.1) is 13.2 Å². The quantitative estimate of drug-likeness (QED) is 0.771. The van der Waals surface area contributed by atoms with Gasteiger partial charge in [-0.25, -0.2) is 0 Å². The van der Waals surface area contributed by atoms with E-state index in [1.807, 2.05) is 0 Å². The van der Waals surface area contributed by atoms with E-state index in [0.717, 1.165) is 0 Å². The average Bonchev–Trinajstić information content (AvgIpc) is 2.16. The Morgan fingerprint density at radius 3 is 1.88 bits per heavy atom. The van der Waals surface area contributed by atoms with E-state index in [1.165, 1.54) is 0 Å². The van der Waals surface area contributed by atoms with Gasteiger partial charge < -0.3 is 9.05 Å². The second kappa shape index (κ2) is 5.89.